The lowest BCUT2D eigenvalue weighted by molar-refractivity contribution is 0.0944. The first-order valence-electron chi connectivity index (χ1n) is 6.49. The van der Waals surface area contributed by atoms with Gasteiger partial charge in [-0.25, -0.2) is 0 Å². The van der Waals surface area contributed by atoms with Gasteiger partial charge in [0.05, 0.1) is 13.2 Å². The van der Waals surface area contributed by atoms with Crippen molar-refractivity contribution >= 4 is 5.78 Å². The second-order valence-corrected chi connectivity index (χ2v) is 5.13. The molecule has 96 valence electrons. The molecule has 18 heavy (non-hydrogen) atoms. The highest BCUT2D eigenvalue weighted by Crippen LogP contribution is 2.26. The molecule has 4 heteroatoms. The lowest BCUT2D eigenvalue weighted by atomic mass is 10.1. The Hall–Kier alpha value is -1.39. The van der Waals surface area contributed by atoms with Crippen LogP contribution in [-0.4, -0.2) is 43.0 Å². The SMILES string of the molecule is NC1CCN(CC(=O)c2ccc3c(c2)CCO3)C1. The number of benzene rings is 1. The summed E-state index contributed by atoms with van der Waals surface area (Å²) in [6.07, 6.45) is 1.90. The lowest BCUT2D eigenvalue weighted by Gasteiger charge is -2.14. The number of nitrogens with zero attached hydrogens (tertiary/aromatic N) is 1. The number of Topliss-reactive ketones (excluding diaryl/α,β-unsaturated/α-hetero) is 1. The van der Waals surface area contributed by atoms with E-state index in [2.05, 4.69) is 4.90 Å². The Morgan fingerprint density at radius 2 is 2.39 bits per heavy atom. The minimum Gasteiger partial charge on any atom is -0.493 e. The summed E-state index contributed by atoms with van der Waals surface area (Å²) in [5.74, 6) is 1.11. The maximum atomic E-state index is 12.2. The van der Waals surface area contributed by atoms with Crippen molar-refractivity contribution in [2.45, 2.75) is 18.9 Å². The highest BCUT2D eigenvalue weighted by Gasteiger charge is 2.22. The van der Waals surface area contributed by atoms with Crippen molar-refractivity contribution < 1.29 is 9.53 Å². The average Bonchev–Trinajstić information content (AvgIpc) is 2.96. The van der Waals surface area contributed by atoms with E-state index >= 15 is 0 Å². The van der Waals surface area contributed by atoms with E-state index in [0.717, 1.165) is 49.4 Å². The molecular formula is C14H18N2O2. The van der Waals surface area contributed by atoms with Gasteiger partial charge in [0, 0.05) is 31.1 Å². The first-order valence-corrected chi connectivity index (χ1v) is 6.49. The van der Waals surface area contributed by atoms with Crippen LogP contribution in [0, 0.1) is 0 Å². The Kier molecular flexibility index (Phi) is 3.06. The molecule has 2 heterocycles. The van der Waals surface area contributed by atoms with Crippen LogP contribution in [0.4, 0.5) is 0 Å². The van der Waals surface area contributed by atoms with Gasteiger partial charge in [-0.3, -0.25) is 9.69 Å². The zero-order valence-electron chi connectivity index (χ0n) is 10.4. The Labute approximate surface area is 107 Å². The molecule has 1 fully saturated rings. The summed E-state index contributed by atoms with van der Waals surface area (Å²) in [4.78, 5) is 14.3. The third-order valence-corrected chi connectivity index (χ3v) is 3.69. The summed E-state index contributed by atoms with van der Waals surface area (Å²) >= 11 is 0. The standard InChI is InChI=1S/C14H18N2O2/c15-12-3-5-16(8-12)9-13(17)10-1-2-14-11(7-10)4-6-18-14/h1-2,7,12H,3-6,8-9,15H2. The number of likely N-dealkylation sites (tertiary alicyclic amines) is 1. The van der Waals surface area contributed by atoms with Crippen LogP contribution >= 0.6 is 0 Å². The quantitative estimate of drug-likeness (QED) is 0.803. The van der Waals surface area contributed by atoms with Gasteiger partial charge in [-0.15, -0.1) is 0 Å². The molecule has 0 radical (unpaired) electrons. The zero-order chi connectivity index (χ0) is 12.5. The molecule has 1 saturated heterocycles. The number of rotatable bonds is 3. The van der Waals surface area contributed by atoms with Crippen LogP contribution < -0.4 is 10.5 Å². The van der Waals surface area contributed by atoms with Gasteiger partial charge in [0.25, 0.3) is 0 Å². The number of fused-ring (bicyclic) bond motifs is 1. The third kappa shape index (κ3) is 2.26. The number of hydrogen-bond donors (Lipinski definition) is 1. The molecule has 1 atom stereocenters. The molecule has 0 aromatic heterocycles. The molecule has 2 aliphatic rings. The van der Waals surface area contributed by atoms with Crippen molar-refractivity contribution in [1.29, 1.82) is 0 Å². The molecule has 3 rings (SSSR count). The van der Waals surface area contributed by atoms with E-state index in [1.807, 2.05) is 18.2 Å². The van der Waals surface area contributed by atoms with Gasteiger partial charge in [0.1, 0.15) is 5.75 Å². The molecule has 0 bridgehead atoms. The number of hydrogen-bond acceptors (Lipinski definition) is 4. The Morgan fingerprint density at radius 3 is 3.17 bits per heavy atom. The summed E-state index contributed by atoms with van der Waals surface area (Å²) in [7, 11) is 0. The van der Waals surface area contributed by atoms with Crippen LogP contribution in [0.15, 0.2) is 18.2 Å². The molecule has 1 aromatic rings. The van der Waals surface area contributed by atoms with E-state index in [4.69, 9.17) is 10.5 Å². The van der Waals surface area contributed by atoms with Crippen LogP contribution in [0.3, 0.4) is 0 Å². The monoisotopic (exact) mass is 246 g/mol. The predicted molar refractivity (Wildman–Crippen MR) is 69.0 cm³/mol. The van der Waals surface area contributed by atoms with Gasteiger partial charge < -0.3 is 10.5 Å². The van der Waals surface area contributed by atoms with Crippen molar-refractivity contribution in [3.8, 4) is 5.75 Å². The summed E-state index contributed by atoms with van der Waals surface area (Å²) in [5.41, 5.74) is 7.79. The number of ketones is 1. The van der Waals surface area contributed by atoms with Gasteiger partial charge in [-0.05, 0) is 30.2 Å². The minimum absolute atomic E-state index is 0.179. The first-order chi connectivity index (χ1) is 8.72. The zero-order valence-corrected chi connectivity index (χ0v) is 10.4. The summed E-state index contributed by atoms with van der Waals surface area (Å²) in [6.45, 7) is 2.97. The van der Waals surface area contributed by atoms with E-state index in [1.54, 1.807) is 0 Å². The van der Waals surface area contributed by atoms with Gasteiger partial charge in [-0.1, -0.05) is 0 Å². The number of ether oxygens (including phenoxy) is 1. The number of carbonyl (C=O) groups is 1. The third-order valence-electron chi connectivity index (χ3n) is 3.69. The Morgan fingerprint density at radius 1 is 1.50 bits per heavy atom. The normalized spacial score (nSPS) is 22.8. The van der Waals surface area contributed by atoms with Gasteiger partial charge in [0.2, 0.25) is 0 Å². The maximum absolute atomic E-state index is 12.2. The van der Waals surface area contributed by atoms with E-state index in [9.17, 15) is 4.79 Å². The largest absolute Gasteiger partial charge is 0.493 e. The summed E-state index contributed by atoms with van der Waals surface area (Å²) in [6, 6.07) is 5.97. The molecular weight excluding hydrogens is 228 g/mol. The van der Waals surface area contributed by atoms with Crippen molar-refractivity contribution in [2.24, 2.45) is 5.73 Å². The van der Waals surface area contributed by atoms with E-state index in [1.165, 1.54) is 0 Å². The van der Waals surface area contributed by atoms with E-state index < -0.39 is 0 Å². The second-order valence-electron chi connectivity index (χ2n) is 5.13. The van der Waals surface area contributed by atoms with Crippen LogP contribution in [-0.2, 0) is 6.42 Å². The van der Waals surface area contributed by atoms with Crippen LogP contribution in [0.1, 0.15) is 22.3 Å². The molecule has 0 spiro atoms. The summed E-state index contributed by atoms with van der Waals surface area (Å²) in [5, 5.41) is 0. The smallest absolute Gasteiger partial charge is 0.176 e. The molecule has 1 aromatic carbocycles. The van der Waals surface area contributed by atoms with Crippen LogP contribution in [0.5, 0.6) is 5.75 Å². The first kappa shape index (κ1) is 11.7. The van der Waals surface area contributed by atoms with Crippen LogP contribution in [0.2, 0.25) is 0 Å². The van der Waals surface area contributed by atoms with E-state index in [-0.39, 0.29) is 11.8 Å². The Bertz CT molecular complexity index is 473. The number of carbonyl (C=O) groups excluding carboxylic acids is 1. The molecule has 4 nitrogen and oxygen atoms in total. The van der Waals surface area contributed by atoms with Crippen LogP contribution in [0.25, 0.3) is 0 Å². The highest BCUT2D eigenvalue weighted by atomic mass is 16.5. The molecule has 1 unspecified atom stereocenters. The molecule has 2 N–H and O–H groups in total. The molecule has 0 amide bonds. The van der Waals surface area contributed by atoms with Crippen molar-refractivity contribution in [3.63, 3.8) is 0 Å². The topological polar surface area (TPSA) is 55.6 Å². The van der Waals surface area contributed by atoms with Gasteiger partial charge in [-0.2, -0.15) is 0 Å². The highest BCUT2D eigenvalue weighted by molar-refractivity contribution is 5.98. The fraction of sp³-hybridized carbons (Fsp3) is 0.500. The fourth-order valence-electron chi connectivity index (χ4n) is 2.66. The minimum atomic E-state index is 0.179. The molecule has 0 aliphatic carbocycles. The van der Waals surface area contributed by atoms with Gasteiger partial charge >= 0.3 is 0 Å². The van der Waals surface area contributed by atoms with Crippen molar-refractivity contribution in [2.75, 3.05) is 26.2 Å². The predicted octanol–water partition coefficient (Wildman–Crippen LogP) is 0.837. The summed E-state index contributed by atoms with van der Waals surface area (Å²) < 4.78 is 5.44. The number of nitrogens with two attached hydrogens (primary N) is 1. The molecule has 2 aliphatic heterocycles. The average molecular weight is 246 g/mol. The lowest BCUT2D eigenvalue weighted by Crippen LogP contribution is -2.31. The Balaban J connectivity index is 1.69. The van der Waals surface area contributed by atoms with Crippen molar-refractivity contribution in [1.82, 2.24) is 4.90 Å². The fourth-order valence-corrected chi connectivity index (χ4v) is 2.66. The maximum Gasteiger partial charge on any atom is 0.176 e. The van der Waals surface area contributed by atoms with Gasteiger partial charge in [0.15, 0.2) is 5.78 Å². The second kappa shape index (κ2) is 4.71. The van der Waals surface area contributed by atoms with Crippen molar-refractivity contribution in [3.05, 3.63) is 29.3 Å². The molecule has 0 saturated carbocycles. The van der Waals surface area contributed by atoms with E-state index in [0.29, 0.717) is 6.54 Å².